The zero-order valence-electron chi connectivity index (χ0n) is 49.2. The molecule has 1 saturated carbocycles. The zero-order valence-corrected chi connectivity index (χ0v) is 50.7. The van der Waals surface area contributed by atoms with E-state index in [1.54, 1.807) is 24.3 Å². The lowest BCUT2D eigenvalue weighted by Crippen LogP contribution is -2.44. The first-order chi connectivity index (χ1) is 44.0. The van der Waals surface area contributed by atoms with Crippen LogP contribution in [0.5, 0.6) is 5.75 Å². The number of anilines is 9. The number of piperazine rings is 1. The molecule has 474 valence electrons. The number of halogens is 8. The van der Waals surface area contributed by atoms with Crippen molar-refractivity contribution < 1.29 is 55.1 Å². The molecule has 8 aromatic rings. The number of fused-ring (bicyclic) bond motifs is 2. The summed E-state index contributed by atoms with van der Waals surface area (Å²) in [6.07, 6.45) is -3.45. The van der Waals surface area contributed by atoms with E-state index >= 15 is 0 Å². The van der Waals surface area contributed by atoms with Gasteiger partial charge in [-0.15, -0.1) is 0 Å². The molecule has 6 aromatic carbocycles. The Labute approximate surface area is 533 Å². The number of nitrogens with zero attached hydrogens (tertiary/aromatic N) is 8. The highest BCUT2D eigenvalue weighted by Gasteiger charge is 2.34. The molecule has 5 N–H and O–H groups in total. The molecule has 5 amide bonds. The minimum absolute atomic E-state index is 0.0633. The van der Waals surface area contributed by atoms with Gasteiger partial charge in [-0.25, -0.2) is 19.9 Å². The van der Waals surface area contributed by atoms with Gasteiger partial charge in [-0.2, -0.15) is 26.3 Å². The monoisotopic (exact) mass is 1300 g/mol. The molecule has 0 spiro atoms. The number of nitrogens with one attached hydrogen (secondary N) is 5. The maximum atomic E-state index is 13.5. The molecule has 27 heteroatoms. The number of rotatable bonds is 15. The van der Waals surface area contributed by atoms with E-state index in [4.69, 9.17) is 27.9 Å². The topological polar surface area (TPSA) is 219 Å². The summed E-state index contributed by atoms with van der Waals surface area (Å²) in [5, 5.41) is 14.9. The highest BCUT2D eigenvalue weighted by atomic mass is 35.5. The molecule has 5 heterocycles. The summed E-state index contributed by atoms with van der Waals surface area (Å²) in [7, 11) is 2.13. The van der Waals surface area contributed by atoms with Gasteiger partial charge in [0.1, 0.15) is 5.75 Å². The van der Waals surface area contributed by atoms with Crippen LogP contribution >= 0.6 is 23.2 Å². The van der Waals surface area contributed by atoms with Gasteiger partial charge in [0, 0.05) is 110 Å². The molecule has 3 aliphatic heterocycles. The highest BCUT2D eigenvalue weighted by molar-refractivity contribution is 6.35. The van der Waals surface area contributed by atoms with Crippen LogP contribution < -0.4 is 46.0 Å². The molecular weight excluding hydrogens is 1240 g/mol. The summed E-state index contributed by atoms with van der Waals surface area (Å²) in [6.45, 7) is 6.52. The van der Waals surface area contributed by atoms with Crippen molar-refractivity contribution in [3.05, 3.63) is 200 Å². The van der Waals surface area contributed by atoms with Gasteiger partial charge in [0.05, 0.1) is 55.1 Å². The second kappa shape index (κ2) is 26.9. The molecule has 1 saturated heterocycles. The number of benzene rings is 6. The molecule has 2 aromatic heterocycles. The van der Waals surface area contributed by atoms with Gasteiger partial charge in [-0.1, -0.05) is 35.3 Å². The third-order valence-electron chi connectivity index (χ3n) is 15.4. The van der Waals surface area contributed by atoms with Crippen molar-refractivity contribution in [3.8, 4) is 5.75 Å². The highest BCUT2D eigenvalue weighted by Crippen LogP contribution is 2.37. The van der Waals surface area contributed by atoms with Gasteiger partial charge in [0.2, 0.25) is 11.9 Å². The number of aryl methyl sites for hydroxylation is 1. The minimum Gasteiger partial charge on any atom is -0.484 e. The first-order valence-corrected chi connectivity index (χ1v) is 29.8. The predicted octanol–water partition coefficient (Wildman–Crippen LogP) is 12.4. The van der Waals surface area contributed by atoms with E-state index in [2.05, 4.69) is 82.4 Å². The average molecular weight is 1300 g/mol. The lowest BCUT2D eigenvalue weighted by atomic mass is 10.1. The van der Waals surface area contributed by atoms with Crippen LogP contribution in [0.4, 0.5) is 78.1 Å². The van der Waals surface area contributed by atoms with Crippen molar-refractivity contribution in [1.82, 2.24) is 30.2 Å². The first kappa shape index (κ1) is 63.7. The Balaban J connectivity index is 0.000000188. The number of ether oxygens (including phenoxy) is 1. The van der Waals surface area contributed by atoms with Crippen LogP contribution in [0.2, 0.25) is 10.0 Å². The lowest BCUT2D eigenvalue weighted by molar-refractivity contribution is -0.138. The van der Waals surface area contributed by atoms with E-state index < -0.39 is 41.2 Å². The first-order valence-electron chi connectivity index (χ1n) is 29.0. The van der Waals surface area contributed by atoms with Crippen molar-refractivity contribution in [2.45, 2.75) is 51.0 Å². The van der Waals surface area contributed by atoms with E-state index in [-0.39, 0.29) is 81.6 Å². The Morgan fingerprint density at radius 3 is 1.53 bits per heavy atom. The van der Waals surface area contributed by atoms with Crippen LogP contribution in [-0.4, -0.2) is 113 Å². The van der Waals surface area contributed by atoms with Crippen molar-refractivity contribution in [3.63, 3.8) is 0 Å². The fourth-order valence-corrected chi connectivity index (χ4v) is 10.9. The minimum atomic E-state index is -4.59. The molecule has 0 bridgehead atoms. The number of carbonyl (C=O) groups is 5. The number of hydrogen-bond acceptors (Lipinski definition) is 14. The summed E-state index contributed by atoms with van der Waals surface area (Å²) in [5.41, 5.74) is 4.57. The van der Waals surface area contributed by atoms with Crippen LogP contribution in [0.15, 0.2) is 140 Å². The Morgan fingerprint density at radius 1 is 0.576 bits per heavy atom. The number of likely N-dealkylation sites (N-methyl/N-ethyl adjacent to an activating group) is 1. The maximum absolute atomic E-state index is 13.5. The van der Waals surface area contributed by atoms with Crippen molar-refractivity contribution >= 4 is 104 Å². The molecular formula is C65H57Cl2F6N13O6. The Morgan fingerprint density at radius 2 is 1.05 bits per heavy atom. The van der Waals surface area contributed by atoms with E-state index in [1.807, 2.05) is 6.07 Å². The molecule has 19 nitrogen and oxygen atoms in total. The second-order valence-electron chi connectivity index (χ2n) is 22.1. The average Bonchev–Trinajstić information content (AvgIpc) is 0.873. The van der Waals surface area contributed by atoms with Gasteiger partial charge < -0.3 is 50.9 Å². The third-order valence-corrected chi connectivity index (χ3v) is 16.1. The molecule has 4 aliphatic rings. The SMILES string of the molecule is Cc1cc(Nc2ncc3c(n2)CCN(c2cc(NC(=O)c4cccc(C(F)(F)F)c4)ccc2Cl)C3=O)ccc1N1CCN(C)CC1.O=C(COc1ccc(Nc2ncc3c(n2)CCN(c2cc(NC(=O)c4cccc(C(F)(F)F)c4)ccc2Cl)C3=O)cc1)NC1CC1. The fraction of sp³-hybridized carbons (Fsp3) is 0.246. The fourth-order valence-electron chi connectivity index (χ4n) is 10.4. The van der Waals surface area contributed by atoms with Crippen LogP contribution in [0.3, 0.4) is 0 Å². The third kappa shape index (κ3) is 15.3. The van der Waals surface area contributed by atoms with E-state index in [0.717, 1.165) is 80.6 Å². The Bertz CT molecular complexity index is 4150. The van der Waals surface area contributed by atoms with Crippen LogP contribution in [0.25, 0.3) is 0 Å². The normalized spacial score (nSPS) is 14.9. The van der Waals surface area contributed by atoms with Crippen molar-refractivity contribution in [2.24, 2.45) is 0 Å². The smallest absolute Gasteiger partial charge is 0.416 e. The Kier molecular flexibility index (Phi) is 18.6. The maximum Gasteiger partial charge on any atom is 0.416 e. The number of hydrogen-bond donors (Lipinski definition) is 5. The summed E-state index contributed by atoms with van der Waals surface area (Å²) < 4.78 is 84.2. The number of carbonyl (C=O) groups excluding carboxylic acids is 5. The summed E-state index contributed by atoms with van der Waals surface area (Å²) in [4.78, 5) is 89.8. The van der Waals surface area contributed by atoms with Crippen LogP contribution in [0, 0.1) is 6.92 Å². The molecule has 0 atom stereocenters. The molecule has 1 aliphatic carbocycles. The number of alkyl halides is 6. The molecule has 12 rings (SSSR count). The van der Waals surface area contributed by atoms with E-state index in [9.17, 15) is 50.3 Å². The van der Waals surface area contributed by atoms with Gasteiger partial charge in [0.25, 0.3) is 29.5 Å². The van der Waals surface area contributed by atoms with Gasteiger partial charge in [-0.3, -0.25) is 24.0 Å². The standard InChI is InChI=1S/C33H31ClF3N7O2.C32H26ClF3N6O4/c1-20-16-23(7-9-28(20)43-14-12-42(2)13-15-43)40-32-38-19-25-27(41-32)10-11-44(31(25)46)29-18-24(6-8-26(29)34)39-30(45)21-4-3-5-22(17-21)33(35,36)37;33-25-11-8-22(39-29(44)18-2-1-3-19(14-18)32(34,35)36)15-27(25)42-13-12-26-24(30(42)45)16-37-31(41-26)40-21-6-9-23(10-7-21)46-17-28(43)38-20-4-5-20/h3-9,16-19H,10-15H2,1-2H3,(H,39,45)(H,38,40,41);1-3,6-11,14-16,20H,4-5,12-13,17H2,(H,38,43)(H,39,44)(H,37,40,41). The van der Waals surface area contributed by atoms with Crippen molar-refractivity contribution in [1.29, 1.82) is 0 Å². The molecule has 2 fully saturated rings. The number of aromatic nitrogens is 4. The molecule has 0 radical (unpaired) electrons. The molecule has 92 heavy (non-hydrogen) atoms. The summed E-state index contributed by atoms with van der Waals surface area (Å²) in [5.74, 6) is -1.19. The quantitative estimate of drug-likeness (QED) is 0.0603. The van der Waals surface area contributed by atoms with E-state index in [0.29, 0.717) is 58.6 Å². The van der Waals surface area contributed by atoms with Crippen LogP contribution in [-0.2, 0) is 30.0 Å². The number of amides is 5. The van der Waals surface area contributed by atoms with Gasteiger partial charge in [0.15, 0.2) is 6.61 Å². The van der Waals surface area contributed by atoms with Gasteiger partial charge in [-0.05, 0) is 148 Å². The van der Waals surface area contributed by atoms with Gasteiger partial charge >= 0.3 is 12.4 Å². The Hall–Kier alpha value is -9.85. The van der Waals surface area contributed by atoms with Crippen molar-refractivity contribution in [2.75, 3.05) is 88.9 Å². The zero-order chi connectivity index (χ0) is 65.0. The van der Waals surface area contributed by atoms with E-state index in [1.165, 1.54) is 82.5 Å². The van der Waals surface area contributed by atoms with Crippen LogP contribution in [0.1, 0.15) is 82.4 Å². The largest absolute Gasteiger partial charge is 0.484 e. The molecule has 0 unspecified atom stereocenters. The summed E-state index contributed by atoms with van der Waals surface area (Å²) >= 11 is 12.9. The summed E-state index contributed by atoms with van der Waals surface area (Å²) in [6, 6.07) is 30.6. The lowest BCUT2D eigenvalue weighted by Gasteiger charge is -2.35. The predicted molar refractivity (Wildman–Crippen MR) is 337 cm³/mol. The second-order valence-corrected chi connectivity index (χ2v) is 22.9.